The van der Waals surface area contributed by atoms with Gasteiger partial charge < -0.3 is 5.11 Å². The Kier molecular flexibility index (Phi) is 3.64. The molecule has 19 heavy (non-hydrogen) atoms. The topological polar surface area (TPSA) is 33.1 Å². The Bertz CT molecular complexity index is 631. The van der Waals surface area contributed by atoms with Crippen molar-refractivity contribution in [2.24, 2.45) is 0 Å². The number of pyridine rings is 1. The summed E-state index contributed by atoms with van der Waals surface area (Å²) < 4.78 is 37.4. The molecule has 0 aliphatic rings. The quantitative estimate of drug-likeness (QED) is 0.765. The van der Waals surface area contributed by atoms with Gasteiger partial charge in [0.25, 0.3) is 0 Å². The third-order valence-corrected chi connectivity index (χ3v) is 3.06. The number of halogens is 4. The molecule has 0 aliphatic heterocycles. The smallest absolute Gasteiger partial charge is 0.417 e. The van der Waals surface area contributed by atoms with Crippen LogP contribution in [0, 0.1) is 0 Å². The van der Waals surface area contributed by atoms with Crippen LogP contribution in [0.15, 0.2) is 35.4 Å². The molecule has 0 saturated carbocycles. The molecule has 0 fully saturated rings. The molecule has 100 valence electrons. The molecule has 1 aromatic carbocycles. The van der Waals surface area contributed by atoms with Crippen molar-refractivity contribution in [3.05, 3.63) is 41.0 Å². The van der Waals surface area contributed by atoms with Crippen molar-refractivity contribution < 1.29 is 18.3 Å². The average molecular weight is 306 g/mol. The lowest BCUT2D eigenvalue weighted by molar-refractivity contribution is -0.137. The summed E-state index contributed by atoms with van der Waals surface area (Å²) in [5.41, 5.74) is -0.238. The third kappa shape index (κ3) is 2.96. The molecule has 0 saturated heterocycles. The largest absolute Gasteiger partial charge is 0.507 e. The molecule has 1 heterocycles. The van der Waals surface area contributed by atoms with Crippen molar-refractivity contribution in [2.75, 3.05) is 0 Å². The standard InChI is InChI=1S/C12H7ClF3NOS/c13-8-4-7(12(14,15)16)5-17-11(8)6-1-2-9(18)10(19)3-6/h1-5,18-19H. The van der Waals surface area contributed by atoms with E-state index >= 15 is 0 Å². The fourth-order valence-corrected chi connectivity index (χ4v) is 1.97. The summed E-state index contributed by atoms with van der Waals surface area (Å²) in [7, 11) is 0. The molecule has 0 unspecified atom stereocenters. The van der Waals surface area contributed by atoms with Crippen LogP contribution < -0.4 is 0 Å². The number of phenolic OH excluding ortho intramolecular Hbond substituents is 1. The van der Waals surface area contributed by atoms with E-state index in [0.29, 0.717) is 11.8 Å². The van der Waals surface area contributed by atoms with Gasteiger partial charge in [0.2, 0.25) is 0 Å². The van der Waals surface area contributed by atoms with Gasteiger partial charge in [-0.25, -0.2) is 0 Å². The predicted molar refractivity (Wildman–Crippen MR) is 68.6 cm³/mol. The van der Waals surface area contributed by atoms with E-state index in [0.717, 1.165) is 6.07 Å². The summed E-state index contributed by atoms with van der Waals surface area (Å²) in [6, 6.07) is 5.15. The van der Waals surface area contributed by atoms with Crippen molar-refractivity contribution in [1.29, 1.82) is 0 Å². The van der Waals surface area contributed by atoms with Gasteiger partial charge in [0, 0.05) is 16.7 Å². The van der Waals surface area contributed by atoms with E-state index < -0.39 is 11.7 Å². The van der Waals surface area contributed by atoms with Crippen LogP contribution in [0.25, 0.3) is 11.3 Å². The Balaban J connectivity index is 2.49. The van der Waals surface area contributed by atoms with E-state index in [1.54, 1.807) is 0 Å². The zero-order chi connectivity index (χ0) is 14.2. The van der Waals surface area contributed by atoms with Crippen molar-refractivity contribution in [3.8, 4) is 17.0 Å². The summed E-state index contributed by atoms with van der Waals surface area (Å²) in [6.07, 6.45) is -3.77. The Morgan fingerprint density at radius 3 is 2.42 bits per heavy atom. The normalized spacial score (nSPS) is 11.6. The molecule has 1 aromatic heterocycles. The van der Waals surface area contributed by atoms with E-state index in [-0.39, 0.29) is 21.4 Å². The van der Waals surface area contributed by atoms with Crippen LogP contribution in [0.1, 0.15) is 5.56 Å². The minimum absolute atomic E-state index is 0.0323. The molecule has 2 rings (SSSR count). The van der Waals surface area contributed by atoms with E-state index in [9.17, 15) is 18.3 Å². The first kappa shape index (κ1) is 14.0. The lowest BCUT2D eigenvalue weighted by atomic mass is 10.1. The van der Waals surface area contributed by atoms with Crippen molar-refractivity contribution in [2.45, 2.75) is 11.1 Å². The molecule has 0 aliphatic carbocycles. The monoisotopic (exact) mass is 305 g/mol. The Morgan fingerprint density at radius 1 is 1.21 bits per heavy atom. The number of hydrogen-bond acceptors (Lipinski definition) is 3. The van der Waals surface area contributed by atoms with Crippen LogP contribution in [-0.4, -0.2) is 10.1 Å². The lowest BCUT2D eigenvalue weighted by Crippen LogP contribution is -2.05. The van der Waals surface area contributed by atoms with Gasteiger partial charge in [0.05, 0.1) is 16.3 Å². The molecule has 7 heteroatoms. The van der Waals surface area contributed by atoms with Gasteiger partial charge in [0.1, 0.15) is 5.75 Å². The Hall–Kier alpha value is -1.40. The second-order valence-corrected chi connectivity index (χ2v) is 4.64. The molecule has 0 atom stereocenters. The number of aromatic hydroxyl groups is 1. The molecule has 0 spiro atoms. The van der Waals surface area contributed by atoms with Crippen LogP contribution in [0.2, 0.25) is 5.02 Å². The van der Waals surface area contributed by atoms with E-state index in [4.69, 9.17) is 11.6 Å². The molecule has 0 bridgehead atoms. The van der Waals surface area contributed by atoms with Gasteiger partial charge in [-0.05, 0) is 24.3 Å². The zero-order valence-electron chi connectivity index (χ0n) is 9.24. The highest BCUT2D eigenvalue weighted by Gasteiger charge is 2.31. The molecule has 2 nitrogen and oxygen atoms in total. The van der Waals surface area contributed by atoms with Gasteiger partial charge in [-0.15, -0.1) is 12.6 Å². The second-order valence-electron chi connectivity index (χ2n) is 3.76. The van der Waals surface area contributed by atoms with E-state index in [1.807, 2.05) is 0 Å². The number of benzene rings is 1. The lowest BCUT2D eigenvalue weighted by Gasteiger charge is -2.09. The number of phenols is 1. The van der Waals surface area contributed by atoms with Crippen LogP contribution in [0.5, 0.6) is 5.75 Å². The van der Waals surface area contributed by atoms with Crippen molar-refractivity contribution in [3.63, 3.8) is 0 Å². The summed E-state index contributed by atoms with van der Waals surface area (Å²) in [5, 5.41) is 9.21. The highest BCUT2D eigenvalue weighted by Crippen LogP contribution is 2.35. The zero-order valence-corrected chi connectivity index (χ0v) is 10.9. The summed E-state index contributed by atoms with van der Waals surface area (Å²) in [6.45, 7) is 0. The molecule has 0 amide bonds. The average Bonchev–Trinajstić information content (AvgIpc) is 2.31. The van der Waals surface area contributed by atoms with Gasteiger partial charge in [0.15, 0.2) is 0 Å². The van der Waals surface area contributed by atoms with Gasteiger partial charge in [-0.2, -0.15) is 13.2 Å². The molecular formula is C12H7ClF3NOS. The number of hydrogen-bond donors (Lipinski definition) is 2. The SMILES string of the molecule is Oc1ccc(-c2ncc(C(F)(F)F)cc2Cl)cc1S. The Morgan fingerprint density at radius 2 is 1.89 bits per heavy atom. The van der Waals surface area contributed by atoms with Crippen LogP contribution >= 0.6 is 24.2 Å². The number of rotatable bonds is 1. The number of aromatic nitrogens is 1. The van der Waals surface area contributed by atoms with E-state index in [1.165, 1.54) is 18.2 Å². The summed E-state index contributed by atoms with van der Waals surface area (Å²) in [5.74, 6) is -0.0323. The summed E-state index contributed by atoms with van der Waals surface area (Å²) >= 11 is 9.83. The molecule has 1 N–H and O–H groups in total. The maximum atomic E-state index is 12.5. The first-order chi connectivity index (χ1) is 8.79. The van der Waals surface area contributed by atoms with Gasteiger partial charge >= 0.3 is 6.18 Å². The van der Waals surface area contributed by atoms with Crippen molar-refractivity contribution >= 4 is 24.2 Å². The first-order valence-corrected chi connectivity index (χ1v) is 5.86. The van der Waals surface area contributed by atoms with Crippen LogP contribution in [-0.2, 0) is 6.18 Å². The Labute approximate surface area is 117 Å². The van der Waals surface area contributed by atoms with Crippen LogP contribution in [0.4, 0.5) is 13.2 Å². The number of thiol groups is 1. The molecular weight excluding hydrogens is 299 g/mol. The number of alkyl halides is 3. The minimum Gasteiger partial charge on any atom is -0.507 e. The fourth-order valence-electron chi connectivity index (χ4n) is 1.48. The first-order valence-electron chi connectivity index (χ1n) is 5.04. The minimum atomic E-state index is -4.49. The highest BCUT2D eigenvalue weighted by atomic mass is 35.5. The number of nitrogens with zero attached hydrogens (tertiary/aromatic N) is 1. The highest BCUT2D eigenvalue weighted by molar-refractivity contribution is 7.80. The molecule has 2 aromatic rings. The maximum Gasteiger partial charge on any atom is 0.417 e. The third-order valence-electron chi connectivity index (χ3n) is 2.42. The summed E-state index contributed by atoms with van der Waals surface area (Å²) in [4.78, 5) is 4.01. The van der Waals surface area contributed by atoms with Gasteiger partial charge in [-0.1, -0.05) is 11.6 Å². The van der Waals surface area contributed by atoms with E-state index in [2.05, 4.69) is 17.6 Å². The predicted octanol–water partition coefficient (Wildman–Crippen LogP) is 4.42. The maximum absolute atomic E-state index is 12.5. The second kappa shape index (κ2) is 4.94. The van der Waals surface area contributed by atoms with Crippen molar-refractivity contribution in [1.82, 2.24) is 4.98 Å². The van der Waals surface area contributed by atoms with Crippen LogP contribution in [0.3, 0.4) is 0 Å². The van der Waals surface area contributed by atoms with Gasteiger partial charge in [-0.3, -0.25) is 4.98 Å². The molecule has 0 radical (unpaired) electrons. The fraction of sp³-hybridized carbons (Fsp3) is 0.0833.